The van der Waals surface area contributed by atoms with Gasteiger partial charge in [0.15, 0.2) is 5.82 Å². The Labute approximate surface area is 177 Å². The minimum atomic E-state index is -0.302. The fourth-order valence-corrected chi connectivity index (χ4v) is 3.85. The van der Waals surface area contributed by atoms with E-state index in [-0.39, 0.29) is 11.4 Å². The highest BCUT2D eigenvalue weighted by Gasteiger charge is 2.43. The number of carbonyl (C=O) groups is 1. The van der Waals surface area contributed by atoms with Crippen LogP contribution in [-0.4, -0.2) is 25.7 Å². The molecular formula is C22H20N6O3. The van der Waals surface area contributed by atoms with Crippen LogP contribution in [0.5, 0.6) is 11.6 Å². The molecule has 0 unspecified atom stereocenters. The van der Waals surface area contributed by atoms with Crippen molar-refractivity contribution in [1.82, 2.24) is 25.0 Å². The molecule has 4 heterocycles. The number of ether oxygens (including phenoxy) is 1. The molecule has 6 rings (SSSR count). The van der Waals surface area contributed by atoms with Gasteiger partial charge in [-0.2, -0.15) is 0 Å². The SMILES string of the molecule is CC1(c2cc(NC(=O)n3ccc4cc(Oc5ncnc6c5CNC6)ccc43)no2)CC1. The van der Waals surface area contributed by atoms with Gasteiger partial charge in [-0.3, -0.25) is 9.88 Å². The number of fused-ring (bicyclic) bond motifs is 2. The molecule has 3 aromatic heterocycles. The lowest BCUT2D eigenvalue weighted by Gasteiger charge is -2.09. The molecule has 4 aromatic rings. The van der Waals surface area contributed by atoms with Crippen molar-refractivity contribution in [2.75, 3.05) is 5.32 Å². The average molecular weight is 416 g/mol. The van der Waals surface area contributed by atoms with E-state index in [0.717, 1.165) is 47.3 Å². The van der Waals surface area contributed by atoms with E-state index in [1.807, 2.05) is 24.3 Å². The number of aromatic nitrogens is 4. The first kappa shape index (κ1) is 18.1. The van der Waals surface area contributed by atoms with E-state index >= 15 is 0 Å². The maximum Gasteiger partial charge on any atom is 0.331 e. The first-order valence-electron chi connectivity index (χ1n) is 10.2. The predicted molar refractivity (Wildman–Crippen MR) is 112 cm³/mol. The number of carbonyl (C=O) groups excluding carboxylic acids is 1. The average Bonchev–Trinajstić information content (AvgIpc) is 3.18. The van der Waals surface area contributed by atoms with E-state index in [9.17, 15) is 4.79 Å². The van der Waals surface area contributed by atoms with Gasteiger partial charge < -0.3 is 14.6 Å². The highest BCUT2D eigenvalue weighted by molar-refractivity contribution is 5.98. The Balaban J connectivity index is 1.23. The van der Waals surface area contributed by atoms with Crippen molar-refractivity contribution < 1.29 is 14.1 Å². The third-order valence-electron chi connectivity index (χ3n) is 6.02. The third-order valence-corrected chi connectivity index (χ3v) is 6.02. The summed E-state index contributed by atoms with van der Waals surface area (Å²) < 4.78 is 12.9. The van der Waals surface area contributed by atoms with Crippen LogP contribution in [0.15, 0.2) is 47.4 Å². The van der Waals surface area contributed by atoms with Crippen LogP contribution in [0, 0.1) is 0 Å². The Morgan fingerprint density at radius 3 is 3.00 bits per heavy atom. The number of hydrogen-bond donors (Lipinski definition) is 2. The number of benzene rings is 1. The maximum absolute atomic E-state index is 12.8. The van der Waals surface area contributed by atoms with Crippen LogP contribution >= 0.6 is 0 Å². The molecule has 9 nitrogen and oxygen atoms in total. The van der Waals surface area contributed by atoms with Gasteiger partial charge in [-0.1, -0.05) is 12.1 Å². The largest absolute Gasteiger partial charge is 0.439 e. The Kier molecular flexibility index (Phi) is 3.87. The van der Waals surface area contributed by atoms with E-state index in [4.69, 9.17) is 9.26 Å². The van der Waals surface area contributed by atoms with Gasteiger partial charge in [0.25, 0.3) is 0 Å². The van der Waals surface area contributed by atoms with E-state index in [2.05, 4.69) is 32.7 Å². The molecule has 1 aliphatic heterocycles. The van der Waals surface area contributed by atoms with Crippen molar-refractivity contribution in [3.8, 4) is 11.6 Å². The van der Waals surface area contributed by atoms with Gasteiger partial charge in [-0.25, -0.2) is 14.8 Å². The topological polar surface area (TPSA) is 107 Å². The molecule has 9 heteroatoms. The van der Waals surface area contributed by atoms with Gasteiger partial charge in [0, 0.05) is 36.2 Å². The highest BCUT2D eigenvalue weighted by atomic mass is 16.5. The molecule has 2 aliphatic rings. The lowest BCUT2D eigenvalue weighted by Crippen LogP contribution is -2.18. The Morgan fingerprint density at radius 2 is 2.13 bits per heavy atom. The third kappa shape index (κ3) is 3.14. The lowest BCUT2D eigenvalue weighted by atomic mass is 10.1. The van der Waals surface area contributed by atoms with Gasteiger partial charge in [-0.15, -0.1) is 0 Å². The number of hydrogen-bond acceptors (Lipinski definition) is 7. The van der Waals surface area contributed by atoms with Crippen LogP contribution in [0.1, 0.15) is 36.8 Å². The van der Waals surface area contributed by atoms with Crippen molar-refractivity contribution in [1.29, 1.82) is 0 Å². The molecule has 1 aromatic carbocycles. The molecule has 0 spiro atoms. The second kappa shape index (κ2) is 6.64. The van der Waals surface area contributed by atoms with E-state index < -0.39 is 0 Å². The van der Waals surface area contributed by atoms with Gasteiger partial charge in [0.1, 0.15) is 17.8 Å². The summed E-state index contributed by atoms with van der Waals surface area (Å²) >= 11 is 0. The van der Waals surface area contributed by atoms with Gasteiger partial charge in [-0.05, 0) is 37.1 Å². The Hall–Kier alpha value is -3.72. The molecule has 31 heavy (non-hydrogen) atoms. The summed E-state index contributed by atoms with van der Waals surface area (Å²) in [5.41, 5.74) is 2.76. The summed E-state index contributed by atoms with van der Waals surface area (Å²) in [7, 11) is 0. The fraction of sp³-hybridized carbons (Fsp3) is 0.273. The van der Waals surface area contributed by atoms with Gasteiger partial charge in [0.05, 0.1) is 16.8 Å². The molecule has 1 amide bonds. The maximum atomic E-state index is 12.8. The Morgan fingerprint density at radius 1 is 1.23 bits per heavy atom. The van der Waals surface area contributed by atoms with Gasteiger partial charge in [0.2, 0.25) is 5.88 Å². The summed E-state index contributed by atoms with van der Waals surface area (Å²) in [6, 6.07) is 8.93. The zero-order chi connectivity index (χ0) is 21.0. The van der Waals surface area contributed by atoms with Crippen molar-refractivity contribution in [3.63, 3.8) is 0 Å². The summed E-state index contributed by atoms with van der Waals surface area (Å²) in [5.74, 6) is 2.43. The summed E-state index contributed by atoms with van der Waals surface area (Å²) in [6.45, 7) is 3.54. The molecule has 0 radical (unpaired) electrons. The number of rotatable bonds is 4. The first-order valence-corrected chi connectivity index (χ1v) is 10.2. The smallest absolute Gasteiger partial charge is 0.331 e. The van der Waals surface area contributed by atoms with Crippen molar-refractivity contribution in [2.24, 2.45) is 0 Å². The Bertz CT molecular complexity index is 1320. The van der Waals surface area contributed by atoms with Crippen LogP contribution < -0.4 is 15.4 Å². The number of nitrogens with zero attached hydrogens (tertiary/aromatic N) is 4. The monoisotopic (exact) mass is 416 g/mol. The van der Waals surface area contributed by atoms with Crippen molar-refractivity contribution >= 4 is 22.8 Å². The molecule has 2 N–H and O–H groups in total. The zero-order valence-electron chi connectivity index (χ0n) is 16.9. The van der Waals surface area contributed by atoms with Crippen LogP contribution in [0.3, 0.4) is 0 Å². The van der Waals surface area contributed by atoms with E-state index in [1.165, 1.54) is 6.33 Å². The van der Waals surface area contributed by atoms with E-state index in [0.29, 0.717) is 24.0 Å². The molecule has 1 fully saturated rings. The van der Waals surface area contributed by atoms with Crippen molar-refractivity contribution in [2.45, 2.75) is 38.3 Å². The van der Waals surface area contributed by atoms with Gasteiger partial charge >= 0.3 is 6.03 Å². The number of nitrogens with one attached hydrogen (secondary N) is 2. The van der Waals surface area contributed by atoms with E-state index in [1.54, 1.807) is 16.8 Å². The first-order chi connectivity index (χ1) is 15.1. The van der Waals surface area contributed by atoms with Crippen molar-refractivity contribution in [3.05, 3.63) is 59.9 Å². The summed E-state index contributed by atoms with van der Waals surface area (Å²) in [4.78, 5) is 21.3. The molecule has 1 aliphatic carbocycles. The number of anilines is 1. The minimum Gasteiger partial charge on any atom is -0.439 e. The molecule has 156 valence electrons. The second-order valence-electron chi connectivity index (χ2n) is 8.28. The molecule has 0 saturated heterocycles. The quantitative estimate of drug-likeness (QED) is 0.519. The zero-order valence-corrected chi connectivity index (χ0v) is 16.9. The second-order valence-corrected chi connectivity index (χ2v) is 8.28. The molecule has 0 bridgehead atoms. The molecule has 0 atom stereocenters. The predicted octanol–water partition coefficient (Wildman–Crippen LogP) is 3.95. The van der Waals surface area contributed by atoms with Crippen LogP contribution in [0.25, 0.3) is 10.9 Å². The molecule has 1 saturated carbocycles. The highest BCUT2D eigenvalue weighted by Crippen LogP contribution is 2.48. The number of amides is 1. The minimum absolute atomic E-state index is 0.0619. The van der Waals surface area contributed by atoms with Crippen LogP contribution in [0.4, 0.5) is 10.6 Å². The standard InChI is InChI=1S/C22H20N6O3/c1-22(5-6-22)18-9-19(27-31-18)26-21(29)28-7-4-13-8-14(2-3-17(13)28)30-20-15-10-23-11-16(15)24-12-25-20/h2-4,7-9,12,23H,5-6,10-11H2,1H3,(H,26,27,29). The summed E-state index contributed by atoms with van der Waals surface area (Å²) in [6.07, 6.45) is 5.39. The lowest BCUT2D eigenvalue weighted by molar-refractivity contribution is 0.254. The van der Waals surface area contributed by atoms with Crippen LogP contribution in [0.2, 0.25) is 0 Å². The van der Waals surface area contributed by atoms with Crippen LogP contribution in [-0.2, 0) is 18.5 Å². The normalized spacial score (nSPS) is 16.3. The fourth-order valence-electron chi connectivity index (χ4n) is 3.85. The summed E-state index contributed by atoms with van der Waals surface area (Å²) in [5, 5.41) is 10.9. The molecular weight excluding hydrogens is 396 g/mol.